The molecule has 4 heteroatoms. The van der Waals surface area contributed by atoms with Crippen LogP contribution in [0.15, 0.2) is 0 Å². The molecule has 1 saturated heterocycles. The smallest absolute Gasteiger partial charge is 0.312 e. The van der Waals surface area contributed by atoms with E-state index in [4.69, 9.17) is 4.74 Å². The predicted octanol–water partition coefficient (Wildman–Crippen LogP) is 1.69. The first-order valence-electron chi connectivity index (χ1n) is 5.48. The molecular weight excluding hydrogens is 212 g/mol. The second kappa shape index (κ2) is 5.21. The molecule has 0 radical (unpaired) electrons. The summed E-state index contributed by atoms with van der Waals surface area (Å²) < 4.78 is 5.03. The van der Waals surface area contributed by atoms with Crippen LogP contribution >= 0.6 is 11.8 Å². The van der Waals surface area contributed by atoms with Crippen LogP contribution in [-0.4, -0.2) is 34.8 Å². The first-order chi connectivity index (χ1) is 7.01. The number of hydrogen-bond acceptors (Lipinski definition) is 4. The second-order valence-electron chi connectivity index (χ2n) is 4.38. The highest BCUT2D eigenvalue weighted by Crippen LogP contribution is 2.38. The molecule has 0 spiro atoms. The van der Waals surface area contributed by atoms with Crippen molar-refractivity contribution in [3.8, 4) is 0 Å². The first-order valence-corrected chi connectivity index (χ1v) is 6.63. The number of aliphatic hydroxyl groups is 1. The molecule has 3 nitrogen and oxygen atoms in total. The number of hydrogen-bond donors (Lipinski definition) is 1. The topological polar surface area (TPSA) is 46.5 Å². The molecule has 0 saturated carbocycles. The molecule has 1 fully saturated rings. The van der Waals surface area contributed by atoms with Crippen molar-refractivity contribution in [2.75, 3.05) is 18.1 Å². The summed E-state index contributed by atoms with van der Waals surface area (Å²) in [6, 6.07) is 0. The average molecular weight is 232 g/mol. The molecule has 0 aromatic carbocycles. The largest absolute Gasteiger partial charge is 0.466 e. The molecule has 0 aromatic heterocycles. The number of esters is 1. The molecule has 0 bridgehead atoms. The van der Waals surface area contributed by atoms with Crippen LogP contribution in [0.5, 0.6) is 0 Å². The molecule has 1 N–H and O–H groups in total. The molecule has 2 atom stereocenters. The van der Waals surface area contributed by atoms with Gasteiger partial charge < -0.3 is 9.84 Å². The monoisotopic (exact) mass is 232 g/mol. The maximum Gasteiger partial charge on any atom is 0.312 e. The molecule has 1 aliphatic heterocycles. The van der Waals surface area contributed by atoms with Crippen molar-refractivity contribution >= 4 is 17.7 Å². The normalized spacial score (nSPS) is 28.1. The van der Waals surface area contributed by atoms with E-state index in [0.717, 1.165) is 5.75 Å². The Hall–Kier alpha value is -0.220. The van der Waals surface area contributed by atoms with E-state index < -0.39 is 5.60 Å². The molecule has 15 heavy (non-hydrogen) atoms. The lowest BCUT2D eigenvalue weighted by molar-refractivity contribution is -0.160. The van der Waals surface area contributed by atoms with Gasteiger partial charge in [-0.1, -0.05) is 13.8 Å². The van der Waals surface area contributed by atoms with E-state index >= 15 is 0 Å². The Balaban J connectivity index is 2.77. The van der Waals surface area contributed by atoms with Gasteiger partial charge in [-0.15, -0.1) is 0 Å². The molecule has 0 aromatic rings. The number of carbonyl (C=O) groups excluding carboxylic acids is 1. The zero-order valence-corrected chi connectivity index (χ0v) is 10.5. The average Bonchev–Trinajstić information content (AvgIpc) is 2.52. The van der Waals surface area contributed by atoms with Gasteiger partial charge in [-0.3, -0.25) is 4.79 Å². The fourth-order valence-electron chi connectivity index (χ4n) is 2.16. The minimum Gasteiger partial charge on any atom is -0.466 e. The number of carbonyl (C=O) groups is 1. The summed E-state index contributed by atoms with van der Waals surface area (Å²) in [4.78, 5) is 11.8. The van der Waals surface area contributed by atoms with Gasteiger partial charge in [-0.2, -0.15) is 11.8 Å². The van der Waals surface area contributed by atoms with E-state index in [9.17, 15) is 9.90 Å². The third kappa shape index (κ3) is 2.88. The minimum absolute atomic E-state index is 0.118. The van der Waals surface area contributed by atoms with Crippen molar-refractivity contribution < 1.29 is 14.6 Å². The van der Waals surface area contributed by atoms with E-state index in [1.807, 2.05) is 13.8 Å². The van der Waals surface area contributed by atoms with Crippen LogP contribution in [0, 0.1) is 11.8 Å². The molecular formula is C11H20O3S. The molecule has 0 amide bonds. The van der Waals surface area contributed by atoms with Gasteiger partial charge in [0.05, 0.1) is 18.1 Å². The maximum absolute atomic E-state index is 11.8. The highest BCUT2D eigenvalue weighted by atomic mass is 32.2. The molecule has 1 heterocycles. The highest BCUT2D eigenvalue weighted by Gasteiger charge is 2.46. The van der Waals surface area contributed by atoms with Crippen molar-refractivity contribution in [1.29, 1.82) is 0 Å². The zero-order valence-electron chi connectivity index (χ0n) is 9.66. The van der Waals surface area contributed by atoms with E-state index in [0.29, 0.717) is 18.8 Å². The summed E-state index contributed by atoms with van der Waals surface area (Å²) in [6.45, 7) is 6.10. The summed E-state index contributed by atoms with van der Waals surface area (Å²) in [5.41, 5.74) is -0.856. The van der Waals surface area contributed by atoms with Crippen molar-refractivity contribution in [2.45, 2.75) is 32.8 Å². The van der Waals surface area contributed by atoms with Gasteiger partial charge in [0.15, 0.2) is 0 Å². The van der Waals surface area contributed by atoms with Crippen LogP contribution in [0.25, 0.3) is 0 Å². The lowest BCUT2D eigenvalue weighted by atomic mass is 9.79. The summed E-state index contributed by atoms with van der Waals surface area (Å²) in [7, 11) is 0. The summed E-state index contributed by atoms with van der Waals surface area (Å²) in [5, 5.41) is 10.4. The molecule has 88 valence electrons. The van der Waals surface area contributed by atoms with Crippen LogP contribution in [0.1, 0.15) is 27.2 Å². The fourth-order valence-corrected chi connectivity index (χ4v) is 3.48. The Kier molecular flexibility index (Phi) is 4.46. The van der Waals surface area contributed by atoms with Crippen molar-refractivity contribution in [3.63, 3.8) is 0 Å². The Morgan fingerprint density at radius 3 is 2.67 bits per heavy atom. The third-order valence-electron chi connectivity index (χ3n) is 2.82. The van der Waals surface area contributed by atoms with Gasteiger partial charge in [-0.05, 0) is 25.0 Å². The number of rotatable bonds is 4. The Morgan fingerprint density at radius 1 is 1.60 bits per heavy atom. The van der Waals surface area contributed by atoms with Crippen LogP contribution in [-0.2, 0) is 9.53 Å². The fraction of sp³-hybridized carbons (Fsp3) is 0.909. The van der Waals surface area contributed by atoms with Gasteiger partial charge >= 0.3 is 5.97 Å². The molecule has 2 unspecified atom stereocenters. The van der Waals surface area contributed by atoms with Gasteiger partial charge in [0.2, 0.25) is 0 Å². The Labute approximate surface area is 95.6 Å². The van der Waals surface area contributed by atoms with Gasteiger partial charge in [-0.25, -0.2) is 0 Å². The van der Waals surface area contributed by atoms with E-state index in [1.54, 1.807) is 18.7 Å². The molecule has 0 aliphatic carbocycles. The van der Waals surface area contributed by atoms with Gasteiger partial charge in [0.1, 0.15) is 0 Å². The Bertz CT molecular complexity index is 222. The van der Waals surface area contributed by atoms with Crippen molar-refractivity contribution in [1.82, 2.24) is 0 Å². The molecule has 1 rings (SSSR count). The second-order valence-corrected chi connectivity index (χ2v) is 5.49. The predicted molar refractivity (Wildman–Crippen MR) is 61.9 cm³/mol. The summed E-state index contributed by atoms with van der Waals surface area (Å²) in [6.07, 6.45) is 0.694. The quantitative estimate of drug-likeness (QED) is 0.749. The highest BCUT2D eigenvalue weighted by molar-refractivity contribution is 7.99. The third-order valence-corrected chi connectivity index (χ3v) is 4.01. The van der Waals surface area contributed by atoms with Crippen LogP contribution in [0.4, 0.5) is 0 Å². The summed E-state index contributed by atoms with van der Waals surface area (Å²) >= 11 is 1.70. The lowest BCUT2D eigenvalue weighted by Gasteiger charge is -2.32. The SMILES string of the molecule is CCOC(=O)C(C(C)C)C1(O)CCSC1. The van der Waals surface area contributed by atoms with Crippen LogP contribution in [0.3, 0.4) is 0 Å². The first kappa shape index (κ1) is 12.8. The maximum atomic E-state index is 11.8. The van der Waals surface area contributed by atoms with Gasteiger partial charge in [0.25, 0.3) is 0 Å². The lowest BCUT2D eigenvalue weighted by Crippen LogP contribution is -2.46. The van der Waals surface area contributed by atoms with E-state index in [-0.39, 0.29) is 17.8 Å². The minimum atomic E-state index is -0.856. The van der Waals surface area contributed by atoms with E-state index in [2.05, 4.69) is 0 Å². The summed E-state index contributed by atoms with van der Waals surface area (Å²) in [5.74, 6) is 1.06. The zero-order chi connectivity index (χ0) is 11.5. The Morgan fingerprint density at radius 2 is 2.27 bits per heavy atom. The van der Waals surface area contributed by atoms with Crippen LogP contribution in [0.2, 0.25) is 0 Å². The number of thioether (sulfide) groups is 1. The van der Waals surface area contributed by atoms with Crippen molar-refractivity contribution in [3.05, 3.63) is 0 Å². The number of ether oxygens (including phenoxy) is 1. The van der Waals surface area contributed by atoms with Crippen LogP contribution < -0.4 is 0 Å². The van der Waals surface area contributed by atoms with Gasteiger partial charge in [0, 0.05) is 5.75 Å². The van der Waals surface area contributed by atoms with Crippen molar-refractivity contribution in [2.24, 2.45) is 11.8 Å². The standard InChI is InChI=1S/C11H20O3S/c1-4-14-10(12)9(8(2)3)11(13)5-6-15-7-11/h8-9,13H,4-7H2,1-3H3. The molecule has 1 aliphatic rings. The van der Waals surface area contributed by atoms with E-state index in [1.165, 1.54) is 0 Å².